The van der Waals surface area contributed by atoms with Crippen LogP contribution in [0.4, 0.5) is 0 Å². The highest BCUT2D eigenvalue weighted by atomic mass is 16.5. The molecule has 0 aromatic carbocycles. The van der Waals surface area contributed by atoms with Gasteiger partial charge < -0.3 is 14.9 Å². The molecule has 14 heavy (non-hydrogen) atoms. The first-order valence-electron chi connectivity index (χ1n) is 4.98. The SMILES string of the molecule is CC1NCCC1c1nc(CCO)no1. The molecule has 1 fully saturated rings. The highest BCUT2D eigenvalue weighted by Gasteiger charge is 2.29. The summed E-state index contributed by atoms with van der Waals surface area (Å²) in [5.41, 5.74) is 0. The minimum absolute atomic E-state index is 0.0669. The van der Waals surface area contributed by atoms with E-state index in [9.17, 15) is 0 Å². The van der Waals surface area contributed by atoms with Gasteiger partial charge >= 0.3 is 0 Å². The molecular formula is C9H15N3O2. The molecule has 2 N–H and O–H groups in total. The fourth-order valence-corrected chi connectivity index (χ4v) is 1.82. The van der Waals surface area contributed by atoms with E-state index >= 15 is 0 Å². The molecule has 0 saturated carbocycles. The first kappa shape index (κ1) is 9.61. The van der Waals surface area contributed by atoms with E-state index in [0.29, 0.717) is 30.1 Å². The third kappa shape index (κ3) is 1.78. The Bertz CT molecular complexity index is 300. The Morgan fingerprint density at radius 2 is 2.50 bits per heavy atom. The van der Waals surface area contributed by atoms with Gasteiger partial charge in [0.15, 0.2) is 5.82 Å². The molecular weight excluding hydrogens is 182 g/mol. The summed E-state index contributed by atoms with van der Waals surface area (Å²) in [6.45, 7) is 3.19. The molecule has 2 rings (SSSR count). The van der Waals surface area contributed by atoms with E-state index in [-0.39, 0.29) is 6.61 Å². The number of nitrogens with zero attached hydrogens (tertiary/aromatic N) is 2. The van der Waals surface area contributed by atoms with Gasteiger partial charge in [-0.25, -0.2) is 0 Å². The number of nitrogens with one attached hydrogen (secondary N) is 1. The minimum atomic E-state index is 0.0669. The lowest BCUT2D eigenvalue weighted by atomic mass is 10.0. The maximum atomic E-state index is 8.71. The van der Waals surface area contributed by atoms with Crippen molar-refractivity contribution in [2.45, 2.75) is 31.7 Å². The van der Waals surface area contributed by atoms with Crippen molar-refractivity contribution in [3.05, 3.63) is 11.7 Å². The molecule has 2 unspecified atom stereocenters. The lowest BCUT2D eigenvalue weighted by molar-refractivity contribution is 0.292. The Morgan fingerprint density at radius 1 is 1.64 bits per heavy atom. The minimum Gasteiger partial charge on any atom is -0.396 e. The quantitative estimate of drug-likeness (QED) is 0.717. The fourth-order valence-electron chi connectivity index (χ4n) is 1.82. The number of aliphatic hydroxyl groups excluding tert-OH is 1. The summed E-state index contributed by atoms with van der Waals surface area (Å²) >= 11 is 0. The van der Waals surface area contributed by atoms with Crippen molar-refractivity contribution < 1.29 is 9.63 Å². The third-order valence-corrected chi connectivity index (χ3v) is 2.66. The van der Waals surface area contributed by atoms with Crippen LogP contribution in [0.1, 0.15) is 31.0 Å². The van der Waals surface area contributed by atoms with Gasteiger partial charge in [0, 0.05) is 12.5 Å². The zero-order valence-corrected chi connectivity index (χ0v) is 8.23. The van der Waals surface area contributed by atoms with Crippen LogP contribution in [0.5, 0.6) is 0 Å². The average Bonchev–Trinajstić information content (AvgIpc) is 2.74. The van der Waals surface area contributed by atoms with Gasteiger partial charge in [0.05, 0.1) is 12.5 Å². The summed E-state index contributed by atoms with van der Waals surface area (Å²) in [5, 5.41) is 15.9. The topological polar surface area (TPSA) is 71.2 Å². The monoisotopic (exact) mass is 197 g/mol. The molecule has 78 valence electrons. The van der Waals surface area contributed by atoms with Crippen LogP contribution in [-0.2, 0) is 6.42 Å². The highest BCUT2D eigenvalue weighted by Crippen LogP contribution is 2.25. The molecule has 1 aliphatic heterocycles. The maximum absolute atomic E-state index is 8.71. The summed E-state index contributed by atoms with van der Waals surface area (Å²) in [4.78, 5) is 4.25. The summed E-state index contributed by atoms with van der Waals surface area (Å²) in [6.07, 6.45) is 1.51. The molecule has 2 atom stereocenters. The Labute approximate surface area is 82.5 Å². The van der Waals surface area contributed by atoms with Crippen molar-refractivity contribution >= 4 is 0 Å². The summed E-state index contributed by atoms with van der Waals surface area (Å²) in [7, 11) is 0. The fraction of sp³-hybridized carbons (Fsp3) is 0.778. The predicted octanol–water partition coefficient (Wildman–Crippen LogP) is 0.0698. The number of hydrogen-bond acceptors (Lipinski definition) is 5. The maximum Gasteiger partial charge on any atom is 0.231 e. The second kappa shape index (κ2) is 4.06. The Kier molecular flexibility index (Phi) is 2.79. The van der Waals surface area contributed by atoms with Gasteiger partial charge in [0.25, 0.3) is 0 Å². The Hall–Kier alpha value is -0.940. The van der Waals surface area contributed by atoms with Crippen LogP contribution in [-0.4, -0.2) is 34.4 Å². The van der Waals surface area contributed by atoms with Gasteiger partial charge in [0.2, 0.25) is 5.89 Å². The van der Waals surface area contributed by atoms with Crippen LogP contribution in [0.15, 0.2) is 4.52 Å². The molecule has 0 amide bonds. The van der Waals surface area contributed by atoms with Gasteiger partial charge in [-0.15, -0.1) is 0 Å². The lowest BCUT2D eigenvalue weighted by Crippen LogP contribution is -2.21. The van der Waals surface area contributed by atoms with Crippen molar-refractivity contribution in [1.82, 2.24) is 15.5 Å². The van der Waals surface area contributed by atoms with E-state index in [1.807, 2.05) is 0 Å². The van der Waals surface area contributed by atoms with Gasteiger partial charge in [-0.1, -0.05) is 5.16 Å². The molecule has 5 heteroatoms. The van der Waals surface area contributed by atoms with Crippen LogP contribution < -0.4 is 5.32 Å². The molecule has 1 saturated heterocycles. The average molecular weight is 197 g/mol. The second-order valence-electron chi connectivity index (χ2n) is 3.66. The standard InChI is InChI=1S/C9H15N3O2/c1-6-7(2-4-10-6)9-11-8(3-5-13)12-14-9/h6-7,10,13H,2-5H2,1H3. The van der Waals surface area contributed by atoms with Crippen LogP contribution in [0, 0.1) is 0 Å². The van der Waals surface area contributed by atoms with Crippen LogP contribution >= 0.6 is 0 Å². The Balaban J connectivity index is 2.08. The van der Waals surface area contributed by atoms with Gasteiger partial charge in [0.1, 0.15) is 0 Å². The predicted molar refractivity (Wildman–Crippen MR) is 49.9 cm³/mol. The number of hydrogen-bond donors (Lipinski definition) is 2. The van der Waals surface area contributed by atoms with E-state index in [1.54, 1.807) is 0 Å². The lowest BCUT2D eigenvalue weighted by Gasteiger charge is -2.08. The molecule has 0 spiro atoms. The van der Waals surface area contributed by atoms with Gasteiger partial charge in [-0.2, -0.15) is 4.98 Å². The molecule has 0 bridgehead atoms. The van der Waals surface area contributed by atoms with Crippen molar-refractivity contribution in [2.75, 3.05) is 13.2 Å². The third-order valence-electron chi connectivity index (χ3n) is 2.66. The molecule has 1 aromatic heterocycles. The normalized spacial score (nSPS) is 27.0. The van der Waals surface area contributed by atoms with Crippen molar-refractivity contribution in [2.24, 2.45) is 0 Å². The molecule has 0 aliphatic carbocycles. The summed E-state index contributed by atoms with van der Waals surface area (Å²) < 4.78 is 5.16. The van der Waals surface area contributed by atoms with Gasteiger partial charge in [-0.3, -0.25) is 0 Å². The largest absolute Gasteiger partial charge is 0.396 e. The van der Waals surface area contributed by atoms with Gasteiger partial charge in [-0.05, 0) is 19.9 Å². The number of aliphatic hydroxyl groups is 1. The first-order valence-corrected chi connectivity index (χ1v) is 4.98. The molecule has 5 nitrogen and oxygen atoms in total. The molecule has 2 heterocycles. The smallest absolute Gasteiger partial charge is 0.231 e. The first-order chi connectivity index (χ1) is 6.81. The molecule has 1 aromatic rings. The van der Waals surface area contributed by atoms with Crippen LogP contribution in [0.2, 0.25) is 0 Å². The van der Waals surface area contributed by atoms with E-state index in [1.165, 1.54) is 0 Å². The van der Waals surface area contributed by atoms with Crippen LogP contribution in [0.25, 0.3) is 0 Å². The Morgan fingerprint density at radius 3 is 3.14 bits per heavy atom. The molecule has 0 radical (unpaired) electrons. The van der Waals surface area contributed by atoms with Crippen molar-refractivity contribution in [1.29, 1.82) is 0 Å². The van der Waals surface area contributed by atoms with Crippen molar-refractivity contribution in [3.63, 3.8) is 0 Å². The van der Waals surface area contributed by atoms with Crippen LogP contribution in [0.3, 0.4) is 0 Å². The van der Waals surface area contributed by atoms with E-state index in [4.69, 9.17) is 9.63 Å². The second-order valence-corrected chi connectivity index (χ2v) is 3.66. The zero-order valence-electron chi connectivity index (χ0n) is 8.23. The summed E-state index contributed by atoms with van der Waals surface area (Å²) in [6, 6.07) is 0.400. The number of rotatable bonds is 3. The van der Waals surface area contributed by atoms with Crippen molar-refractivity contribution in [3.8, 4) is 0 Å². The van der Waals surface area contributed by atoms with E-state index in [2.05, 4.69) is 22.4 Å². The molecule has 1 aliphatic rings. The zero-order chi connectivity index (χ0) is 9.97. The summed E-state index contributed by atoms with van der Waals surface area (Å²) in [5.74, 6) is 1.63. The number of aromatic nitrogens is 2. The van der Waals surface area contributed by atoms with E-state index in [0.717, 1.165) is 13.0 Å². The highest BCUT2D eigenvalue weighted by molar-refractivity contribution is 5.01. The van der Waals surface area contributed by atoms with E-state index < -0.39 is 0 Å².